The zero-order valence-corrected chi connectivity index (χ0v) is 13.0. The lowest BCUT2D eigenvalue weighted by Gasteiger charge is -2.58. The van der Waals surface area contributed by atoms with Crippen LogP contribution in [0.15, 0.2) is 0 Å². The largest absolute Gasteiger partial charge is 0.480 e. The Morgan fingerprint density at radius 1 is 1.33 bits per heavy atom. The highest BCUT2D eigenvalue weighted by Crippen LogP contribution is 2.64. The van der Waals surface area contributed by atoms with E-state index >= 15 is 0 Å². The highest BCUT2D eigenvalue weighted by atomic mass is 19.4. The van der Waals surface area contributed by atoms with Crippen molar-refractivity contribution in [3.8, 4) is 0 Å². The minimum absolute atomic E-state index is 0.0377. The van der Waals surface area contributed by atoms with Crippen LogP contribution in [0.2, 0.25) is 0 Å². The van der Waals surface area contributed by atoms with Crippen molar-refractivity contribution in [2.45, 2.75) is 44.8 Å². The lowest BCUT2D eigenvalue weighted by molar-refractivity contribution is -0.181. The number of aromatic nitrogens is 3. The molecule has 1 spiro atoms. The van der Waals surface area contributed by atoms with Gasteiger partial charge in [-0.25, -0.2) is 4.98 Å². The average Bonchev–Trinajstić information content (AvgIpc) is 2.74. The zero-order valence-electron chi connectivity index (χ0n) is 13.0. The highest BCUT2D eigenvalue weighted by Gasteiger charge is 2.64. The van der Waals surface area contributed by atoms with Gasteiger partial charge >= 0.3 is 12.1 Å². The van der Waals surface area contributed by atoms with Crippen molar-refractivity contribution in [3.63, 3.8) is 0 Å². The molecule has 0 unspecified atom stereocenters. The van der Waals surface area contributed by atoms with Crippen molar-refractivity contribution >= 4 is 11.9 Å². The van der Waals surface area contributed by atoms with Gasteiger partial charge in [0.05, 0.1) is 6.54 Å². The van der Waals surface area contributed by atoms with Gasteiger partial charge in [0.1, 0.15) is 11.2 Å². The minimum atomic E-state index is -4.67. The Hall–Kier alpha value is -2.13. The molecule has 2 saturated carbocycles. The summed E-state index contributed by atoms with van der Waals surface area (Å²) in [6.45, 7) is -0.305. The predicted molar refractivity (Wildman–Crippen MR) is 73.4 cm³/mol. The third kappa shape index (κ3) is 2.53. The molecule has 0 aromatic carbocycles. The van der Waals surface area contributed by atoms with E-state index in [1.165, 1.54) is 7.05 Å². The van der Waals surface area contributed by atoms with E-state index in [-0.39, 0.29) is 30.6 Å². The Kier molecular flexibility index (Phi) is 3.61. The van der Waals surface area contributed by atoms with Crippen LogP contribution in [0, 0.1) is 10.8 Å². The fourth-order valence-corrected chi connectivity index (χ4v) is 3.69. The number of aryl methyl sites for hydroxylation is 1. The number of carbonyl (C=O) groups is 2. The summed E-state index contributed by atoms with van der Waals surface area (Å²) >= 11 is 0. The van der Waals surface area contributed by atoms with Gasteiger partial charge < -0.3 is 10.4 Å². The third-order valence-electron chi connectivity index (χ3n) is 5.13. The van der Waals surface area contributed by atoms with Crippen LogP contribution < -0.4 is 5.32 Å². The Balaban J connectivity index is 1.67. The van der Waals surface area contributed by atoms with Crippen molar-refractivity contribution in [1.82, 2.24) is 20.1 Å². The Bertz CT molecular complexity index is 686. The summed E-state index contributed by atoms with van der Waals surface area (Å²) in [5.41, 5.74) is -1.52. The molecule has 7 nitrogen and oxygen atoms in total. The number of amides is 1. The monoisotopic (exact) mass is 346 g/mol. The highest BCUT2D eigenvalue weighted by molar-refractivity contribution is 6.03. The molecule has 2 N–H and O–H groups in total. The van der Waals surface area contributed by atoms with E-state index in [0.717, 1.165) is 23.9 Å². The summed E-state index contributed by atoms with van der Waals surface area (Å²) in [6.07, 6.45) is -1.22. The molecule has 0 radical (unpaired) electrons. The van der Waals surface area contributed by atoms with Gasteiger partial charge in [-0.2, -0.15) is 13.2 Å². The molecule has 0 bridgehead atoms. The summed E-state index contributed by atoms with van der Waals surface area (Å²) in [5, 5.41) is 15.1. The lowest BCUT2D eigenvalue weighted by Crippen LogP contribution is -2.61. The van der Waals surface area contributed by atoms with Crippen molar-refractivity contribution in [3.05, 3.63) is 11.6 Å². The van der Waals surface area contributed by atoms with Gasteiger partial charge in [0, 0.05) is 7.05 Å². The van der Waals surface area contributed by atoms with Crippen molar-refractivity contribution in [1.29, 1.82) is 0 Å². The summed E-state index contributed by atoms with van der Waals surface area (Å²) in [7, 11) is 1.28. The molecule has 0 atom stereocenters. The first-order chi connectivity index (χ1) is 11.1. The summed E-state index contributed by atoms with van der Waals surface area (Å²) in [5.74, 6) is -3.25. The van der Waals surface area contributed by atoms with Crippen molar-refractivity contribution in [2.75, 3.05) is 0 Å². The summed E-state index contributed by atoms with van der Waals surface area (Å²) in [4.78, 5) is 27.2. The fourth-order valence-electron chi connectivity index (χ4n) is 3.69. The molecule has 2 fully saturated rings. The molecule has 0 aliphatic heterocycles. The molecular weight excluding hydrogens is 329 g/mol. The van der Waals surface area contributed by atoms with Gasteiger partial charge in [-0.05, 0) is 31.1 Å². The second kappa shape index (κ2) is 5.18. The molecule has 24 heavy (non-hydrogen) atoms. The number of alkyl halides is 3. The van der Waals surface area contributed by atoms with E-state index in [4.69, 9.17) is 0 Å². The normalized spacial score (nSPS) is 21.0. The molecule has 1 aromatic rings. The topological polar surface area (TPSA) is 97.1 Å². The molecular formula is C14H17F3N4O3. The van der Waals surface area contributed by atoms with Gasteiger partial charge in [-0.1, -0.05) is 6.42 Å². The van der Waals surface area contributed by atoms with E-state index in [9.17, 15) is 27.9 Å². The molecule has 0 saturated heterocycles. The van der Waals surface area contributed by atoms with E-state index in [0.29, 0.717) is 0 Å². The lowest BCUT2D eigenvalue weighted by atomic mass is 9.45. The maximum atomic E-state index is 12.6. The number of carboxylic acids is 1. The summed E-state index contributed by atoms with van der Waals surface area (Å²) < 4.78 is 38.6. The first kappa shape index (κ1) is 16.7. The van der Waals surface area contributed by atoms with Crippen LogP contribution in [0.1, 0.15) is 43.8 Å². The number of nitrogens with one attached hydrogen (secondary N) is 1. The molecule has 3 rings (SSSR count). The first-order valence-corrected chi connectivity index (χ1v) is 7.57. The number of aliphatic carboxylic acids is 1. The number of carboxylic acid groups (broad SMARTS) is 1. The van der Waals surface area contributed by atoms with Crippen molar-refractivity contribution in [2.24, 2.45) is 17.9 Å². The predicted octanol–water partition coefficient (Wildman–Crippen LogP) is 1.49. The minimum Gasteiger partial charge on any atom is -0.480 e. The quantitative estimate of drug-likeness (QED) is 0.805. The molecule has 10 heteroatoms. The smallest absolute Gasteiger partial charge is 0.453 e. The SMILES string of the molecule is Cn1nc(C(F)(F)F)nc1CNC(=O)C1(C(=O)O)CC2(CCC2)C1. The van der Waals surface area contributed by atoms with E-state index in [1.807, 2.05) is 0 Å². The van der Waals surface area contributed by atoms with E-state index < -0.39 is 29.3 Å². The molecule has 1 amide bonds. The van der Waals surface area contributed by atoms with Gasteiger partial charge in [0.15, 0.2) is 0 Å². The summed E-state index contributed by atoms with van der Waals surface area (Å²) in [6, 6.07) is 0. The van der Waals surface area contributed by atoms with Crippen LogP contribution in [0.3, 0.4) is 0 Å². The van der Waals surface area contributed by atoms with Gasteiger partial charge in [-0.3, -0.25) is 14.3 Å². The number of halogens is 3. The van der Waals surface area contributed by atoms with Crippen LogP contribution in [0.25, 0.3) is 0 Å². The maximum absolute atomic E-state index is 12.6. The Morgan fingerprint density at radius 2 is 1.96 bits per heavy atom. The second-order valence-corrected chi connectivity index (χ2v) is 6.75. The van der Waals surface area contributed by atoms with Gasteiger partial charge in [0.2, 0.25) is 5.91 Å². The first-order valence-electron chi connectivity index (χ1n) is 7.57. The Morgan fingerprint density at radius 3 is 2.38 bits per heavy atom. The molecule has 2 aliphatic rings. The van der Waals surface area contributed by atoms with E-state index in [2.05, 4.69) is 15.4 Å². The van der Waals surface area contributed by atoms with E-state index in [1.54, 1.807) is 0 Å². The number of nitrogens with zero attached hydrogens (tertiary/aromatic N) is 3. The van der Waals surface area contributed by atoms with Crippen LogP contribution >= 0.6 is 0 Å². The third-order valence-corrected chi connectivity index (χ3v) is 5.13. The molecule has 1 heterocycles. The van der Waals surface area contributed by atoms with Crippen LogP contribution in [-0.4, -0.2) is 31.7 Å². The number of carbonyl (C=O) groups excluding carboxylic acids is 1. The standard InChI is InChI=1S/C14H17F3N4O3/c1-21-8(19-9(20-21)14(15,16)17)5-18-10(22)13(11(23)24)6-12(7-13)3-2-4-12/h2-7H2,1H3,(H,18,22)(H,23,24). The second-order valence-electron chi connectivity index (χ2n) is 6.75. The average molecular weight is 346 g/mol. The van der Waals surface area contributed by atoms with Crippen LogP contribution in [-0.2, 0) is 29.4 Å². The Labute approximate surface area is 135 Å². The number of hydrogen-bond acceptors (Lipinski definition) is 4. The number of rotatable bonds is 4. The zero-order chi connectivity index (χ0) is 17.8. The van der Waals surface area contributed by atoms with Crippen LogP contribution in [0.5, 0.6) is 0 Å². The molecule has 1 aromatic heterocycles. The molecule has 2 aliphatic carbocycles. The van der Waals surface area contributed by atoms with Crippen molar-refractivity contribution < 1.29 is 27.9 Å². The van der Waals surface area contributed by atoms with Gasteiger partial charge in [-0.15, -0.1) is 5.10 Å². The molecule has 132 valence electrons. The van der Waals surface area contributed by atoms with Gasteiger partial charge in [0.25, 0.3) is 5.82 Å². The fraction of sp³-hybridized carbons (Fsp3) is 0.714. The van der Waals surface area contributed by atoms with Crippen LogP contribution in [0.4, 0.5) is 13.2 Å². The number of hydrogen-bond donors (Lipinski definition) is 2. The maximum Gasteiger partial charge on any atom is 0.453 e.